The molecule has 20 heavy (non-hydrogen) atoms. The maximum Gasteiger partial charge on any atom is 0.311 e. The van der Waals surface area contributed by atoms with E-state index in [1.54, 1.807) is 23.2 Å². The summed E-state index contributed by atoms with van der Waals surface area (Å²) in [6.45, 7) is 2.89. The topological polar surface area (TPSA) is 70.5 Å². The molecule has 0 aliphatic carbocycles. The molecule has 0 aromatic carbocycles. The van der Waals surface area contributed by atoms with Crippen molar-refractivity contribution in [2.24, 2.45) is 5.41 Å². The standard InChI is InChI=1S/C15H20N2O3/c1-2-6-15(14(19)20)7-4-9-17(11-15)13(18)12-5-3-8-16-10-12/h3,5,8,10H,2,4,6-7,9,11H2,1H3,(H,19,20). The largest absolute Gasteiger partial charge is 0.481 e. The van der Waals surface area contributed by atoms with Crippen LogP contribution >= 0.6 is 0 Å². The first-order valence-electron chi connectivity index (χ1n) is 7.02. The molecule has 0 bridgehead atoms. The van der Waals surface area contributed by atoms with Crippen LogP contribution in [0.15, 0.2) is 24.5 Å². The van der Waals surface area contributed by atoms with Gasteiger partial charge < -0.3 is 10.0 Å². The summed E-state index contributed by atoms with van der Waals surface area (Å²) in [6, 6.07) is 3.43. The quantitative estimate of drug-likeness (QED) is 0.915. The van der Waals surface area contributed by atoms with Gasteiger partial charge in [0.1, 0.15) is 0 Å². The van der Waals surface area contributed by atoms with E-state index in [1.165, 1.54) is 6.20 Å². The van der Waals surface area contributed by atoms with E-state index in [0.717, 1.165) is 12.8 Å². The highest BCUT2D eigenvalue weighted by Crippen LogP contribution is 2.35. The van der Waals surface area contributed by atoms with Gasteiger partial charge in [0, 0.05) is 25.5 Å². The van der Waals surface area contributed by atoms with Crippen molar-refractivity contribution in [1.29, 1.82) is 0 Å². The summed E-state index contributed by atoms with van der Waals surface area (Å²) < 4.78 is 0. The van der Waals surface area contributed by atoms with Gasteiger partial charge in [0.15, 0.2) is 0 Å². The summed E-state index contributed by atoms with van der Waals surface area (Å²) >= 11 is 0. The molecular formula is C15H20N2O3. The highest BCUT2D eigenvalue weighted by molar-refractivity contribution is 5.94. The maximum atomic E-state index is 12.4. The predicted octanol–water partition coefficient (Wildman–Crippen LogP) is 2.19. The molecule has 1 atom stereocenters. The normalized spacial score (nSPS) is 22.6. The number of carbonyl (C=O) groups is 2. The monoisotopic (exact) mass is 276 g/mol. The van der Waals surface area contributed by atoms with Crippen molar-refractivity contribution in [2.75, 3.05) is 13.1 Å². The molecule has 108 valence electrons. The van der Waals surface area contributed by atoms with Crippen molar-refractivity contribution in [3.8, 4) is 0 Å². The van der Waals surface area contributed by atoms with Crippen molar-refractivity contribution in [2.45, 2.75) is 32.6 Å². The molecule has 1 saturated heterocycles. The number of aliphatic carboxylic acids is 1. The van der Waals surface area contributed by atoms with Gasteiger partial charge in [0.05, 0.1) is 11.0 Å². The van der Waals surface area contributed by atoms with Crippen molar-refractivity contribution in [3.63, 3.8) is 0 Å². The lowest BCUT2D eigenvalue weighted by molar-refractivity contribution is -0.152. The fourth-order valence-corrected chi connectivity index (χ4v) is 2.94. The van der Waals surface area contributed by atoms with E-state index in [0.29, 0.717) is 31.5 Å². The Bertz CT molecular complexity index is 485. The van der Waals surface area contributed by atoms with Crippen LogP contribution in [0.5, 0.6) is 0 Å². The number of pyridine rings is 1. The second-order valence-electron chi connectivity index (χ2n) is 5.41. The van der Waals surface area contributed by atoms with Gasteiger partial charge in [-0.3, -0.25) is 14.6 Å². The Labute approximate surface area is 118 Å². The first-order chi connectivity index (χ1) is 9.59. The molecule has 1 N–H and O–H groups in total. The minimum atomic E-state index is -0.789. The van der Waals surface area contributed by atoms with Crippen molar-refractivity contribution in [3.05, 3.63) is 30.1 Å². The Balaban J connectivity index is 2.18. The number of carboxylic acids is 1. The Morgan fingerprint density at radius 3 is 2.90 bits per heavy atom. The SMILES string of the molecule is CCCC1(C(=O)O)CCCN(C(=O)c2cccnc2)C1. The van der Waals surface area contributed by atoms with Gasteiger partial charge in [-0.2, -0.15) is 0 Å². The fourth-order valence-electron chi connectivity index (χ4n) is 2.94. The summed E-state index contributed by atoms with van der Waals surface area (Å²) in [7, 11) is 0. The molecule has 2 heterocycles. The van der Waals surface area contributed by atoms with E-state index in [4.69, 9.17) is 0 Å². The summed E-state index contributed by atoms with van der Waals surface area (Å²) in [5.74, 6) is -0.914. The fraction of sp³-hybridized carbons (Fsp3) is 0.533. The molecule has 1 aliphatic heterocycles. The van der Waals surface area contributed by atoms with Crippen LogP contribution in [0.3, 0.4) is 0 Å². The third-order valence-electron chi connectivity index (χ3n) is 3.95. The van der Waals surface area contributed by atoms with Gasteiger partial charge >= 0.3 is 5.97 Å². The maximum absolute atomic E-state index is 12.4. The van der Waals surface area contributed by atoms with Crippen LogP contribution in [0.4, 0.5) is 0 Å². The third kappa shape index (κ3) is 2.81. The van der Waals surface area contributed by atoms with Crippen LogP contribution in [0.25, 0.3) is 0 Å². The van der Waals surface area contributed by atoms with Gasteiger partial charge in [-0.15, -0.1) is 0 Å². The van der Waals surface area contributed by atoms with Crippen LogP contribution < -0.4 is 0 Å². The molecule has 1 aromatic rings. The number of aromatic nitrogens is 1. The Hall–Kier alpha value is -1.91. The molecule has 1 aliphatic rings. The summed E-state index contributed by atoms with van der Waals surface area (Å²) in [5, 5.41) is 9.54. The highest BCUT2D eigenvalue weighted by Gasteiger charge is 2.42. The zero-order chi connectivity index (χ0) is 14.6. The number of amides is 1. The average molecular weight is 276 g/mol. The van der Waals surface area contributed by atoms with Crippen LogP contribution in [-0.2, 0) is 4.79 Å². The molecule has 0 radical (unpaired) electrons. The molecular weight excluding hydrogens is 256 g/mol. The van der Waals surface area contributed by atoms with Gasteiger partial charge in [0.25, 0.3) is 5.91 Å². The van der Waals surface area contributed by atoms with Crippen molar-refractivity contribution in [1.82, 2.24) is 9.88 Å². The van der Waals surface area contributed by atoms with Crippen LogP contribution in [-0.4, -0.2) is 40.0 Å². The lowest BCUT2D eigenvalue weighted by atomic mass is 9.76. The van der Waals surface area contributed by atoms with Crippen molar-refractivity contribution >= 4 is 11.9 Å². The summed E-state index contributed by atoms with van der Waals surface area (Å²) in [4.78, 5) is 29.6. The van der Waals surface area contributed by atoms with Crippen LogP contribution in [0.1, 0.15) is 43.0 Å². The molecule has 1 fully saturated rings. The number of piperidine rings is 1. The third-order valence-corrected chi connectivity index (χ3v) is 3.95. The molecule has 1 unspecified atom stereocenters. The number of hydrogen-bond donors (Lipinski definition) is 1. The highest BCUT2D eigenvalue weighted by atomic mass is 16.4. The molecule has 0 spiro atoms. The first kappa shape index (κ1) is 14.5. The average Bonchev–Trinajstić information content (AvgIpc) is 2.48. The van der Waals surface area contributed by atoms with E-state index >= 15 is 0 Å². The lowest BCUT2D eigenvalue weighted by Gasteiger charge is -2.39. The number of hydrogen-bond acceptors (Lipinski definition) is 3. The second-order valence-corrected chi connectivity index (χ2v) is 5.41. The second kappa shape index (κ2) is 6.03. The van der Waals surface area contributed by atoms with E-state index in [1.807, 2.05) is 6.92 Å². The smallest absolute Gasteiger partial charge is 0.311 e. The molecule has 2 rings (SSSR count). The van der Waals surface area contributed by atoms with Gasteiger partial charge in [-0.25, -0.2) is 0 Å². The van der Waals surface area contributed by atoms with Gasteiger partial charge in [-0.1, -0.05) is 13.3 Å². The summed E-state index contributed by atoms with van der Waals surface area (Å²) in [5.41, 5.74) is -0.268. The number of nitrogens with zero attached hydrogens (tertiary/aromatic N) is 2. The van der Waals surface area contributed by atoms with E-state index in [9.17, 15) is 14.7 Å². The number of carbonyl (C=O) groups excluding carboxylic acids is 1. The zero-order valence-electron chi connectivity index (χ0n) is 11.7. The number of likely N-dealkylation sites (tertiary alicyclic amines) is 1. The van der Waals surface area contributed by atoms with E-state index in [2.05, 4.69) is 4.98 Å². The first-order valence-corrected chi connectivity index (χ1v) is 7.02. The minimum absolute atomic E-state index is 0.125. The Morgan fingerprint density at radius 1 is 1.50 bits per heavy atom. The van der Waals surface area contributed by atoms with E-state index < -0.39 is 11.4 Å². The number of rotatable bonds is 4. The Morgan fingerprint density at radius 2 is 2.30 bits per heavy atom. The zero-order valence-corrected chi connectivity index (χ0v) is 11.7. The lowest BCUT2D eigenvalue weighted by Crippen LogP contribution is -2.49. The van der Waals surface area contributed by atoms with Crippen LogP contribution in [0.2, 0.25) is 0 Å². The van der Waals surface area contributed by atoms with Gasteiger partial charge in [0.2, 0.25) is 0 Å². The summed E-state index contributed by atoms with van der Waals surface area (Å²) in [6.07, 6.45) is 5.94. The van der Waals surface area contributed by atoms with Crippen LogP contribution in [0, 0.1) is 5.41 Å². The predicted molar refractivity (Wildman–Crippen MR) is 74.4 cm³/mol. The van der Waals surface area contributed by atoms with E-state index in [-0.39, 0.29) is 5.91 Å². The molecule has 0 saturated carbocycles. The Kier molecular flexibility index (Phi) is 4.37. The molecule has 1 amide bonds. The molecule has 5 heteroatoms. The van der Waals surface area contributed by atoms with Gasteiger partial charge in [-0.05, 0) is 31.4 Å². The molecule has 1 aromatic heterocycles. The number of carboxylic acid groups (broad SMARTS) is 1. The molecule has 5 nitrogen and oxygen atoms in total. The minimum Gasteiger partial charge on any atom is -0.481 e. The van der Waals surface area contributed by atoms with Crippen molar-refractivity contribution < 1.29 is 14.7 Å².